The van der Waals surface area contributed by atoms with Gasteiger partial charge in [0.25, 0.3) is 0 Å². The lowest BCUT2D eigenvalue weighted by atomic mass is 10.3. The van der Waals surface area contributed by atoms with Crippen molar-refractivity contribution in [1.29, 1.82) is 0 Å². The summed E-state index contributed by atoms with van der Waals surface area (Å²) in [6, 6.07) is 1.72. The van der Waals surface area contributed by atoms with Gasteiger partial charge in [0, 0.05) is 6.54 Å². The van der Waals surface area contributed by atoms with Crippen LogP contribution in [0.25, 0.3) is 0 Å². The van der Waals surface area contributed by atoms with E-state index in [1.807, 2.05) is 0 Å². The maximum Gasteiger partial charge on any atom is 0.243 e. The van der Waals surface area contributed by atoms with E-state index in [9.17, 15) is 0 Å². The number of ether oxygens (including phenoxy) is 1. The van der Waals surface area contributed by atoms with E-state index in [2.05, 4.69) is 15.1 Å². The highest BCUT2D eigenvalue weighted by Gasteiger charge is 2.12. The average molecular weight is 252 g/mol. The van der Waals surface area contributed by atoms with Gasteiger partial charge < -0.3 is 10.5 Å². The van der Waals surface area contributed by atoms with Crippen LogP contribution >= 0.6 is 12.2 Å². The van der Waals surface area contributed by atoms with E-state index in [1.165, 1.54) is 12.8 Å². The molecule has 17 heavy (non-hydrogen) atoms. The molecule has 0 saturated carbocycles. The minimum atomic E-state index is 0.288. The number of nitrogens with zero attached hydrogens (tertiary/aromatic N) is 3. The first-order valence-corrected chi connectivity index (χ1v) is 6.15. The number of aromatic nitrogens is 2. The Kier molecular flexibility index (Phi) is 4.22. The molecule has 0 spiro atoms. The molecule has 0 amide bonds. The zero-order chi connectivity index (χ0) is 12.1. The Morgan fingerprint density at radius 2 is 2.24 bits per heavy atom. The van der Waals surface area contributed by atoms with Crippen LogP contribution in [-0.4, -0.2) is 46.3 Å². The van der Waals surface area contributed by atoms with Crippen LogP contribution in [0.1, 0.15) is 18.4 Å². The lowest BCUT2D eigenvalue weighted by Crippen LogP contribution is -2.25. The third-order valence-electron chi connectivity index (χ3n) is 2.80. The molecule has 5 nitrogen and oxygen atoms in total. The van der Waals surface area contributed by atoms with Crippen molar-refractivity contribution >= 4 is 17.2 Å². The van der Waals surface area contributed by atoms with E-state index in [0.29, 0.717) is 18.1 Å². The molecule has 1 aliphatic heterocycles. The number of thiocarbonyl (C=S) groups is 1. The Morgan fingerprint density at radius 1 is 1.47 bits per heavy atom. The summed E-state index contributed by atoms with van der Waals surface area (Å²) < 4.78 is 5.58. The second-order valence-electron chi connectivity index (χ2n) is 4.01. The van der Waals surface area contributed by atoms with Gasteiger partial charge in [0.15, 0.2) is 0 Å². The molecule has 2 N–H and O–H groups in total. The molecule has 0 aliphatic carbocycles. The molecule has 92 valence electrons. The summed E-state index contributed by atoms with van der Waals surface area (Å²) in [5.41, 5.74) is 6.23. The number of rotatable bonds is 5. The molecule has 1 aliphatic rings. The quantitative estimate of drug-likeness (QED) is 0.774. The second-order valence-corrected chi connectivity index (χ2v) is 4.45. The van der Waals surface area contributed by atoms with Crippen LogP contribution in [0.4, 0.5) is 0 Å². The highest BCUT2D eigenvalue weighted by Crippen LogP contribution is 2.13. The molecular weight excluding hydrogens is 236 g/mol. The fraction of sp³-hybridized carbons (Fsp3) is 0.545. The monoisotopic (exact) mass is 252 g/mol. The highest BCUT2D eigenvalue weighted by molar-refractivity contribution is 7.80. The molecule has 0 bridgehead atoms. The maximum atomic E-state index is 5.58. The molecule has 0 aromatic carbocycles. The summed E-state index contributed by atoms with van der Waals surface area (Å²) >= 11 is 4.93. The van der Waals surface area contributed by atoms with E-state index < -0.39 is 0 Å². The number of nitrogens with two attached hydrogens (primary N) is 1. The minimum Gasteiger partial charge on any atom is -0.475 e. The second kappa shape index (κ2) is 5.88. The van der Waals surface area contributed by atoms with Crippen LogP contribution in [0, 0.1) is 0 Å². The third kappa shape index (κ3) is 3.34. The maximum absolute atomic E-state index is 5.58. The van der Waals surface area contributed by atoms with Crippen molar-refractivity contribution < 1.29 is 4.74 Å². The predicted molar refractivity (Wildman–Crippen MR) is 69.1 cm³/mol. The van der Waals surface area contributed by atoms with Crippen molar-refractivity contribution in [3.8, 4) is 5.88 Å². The van der Waals surface area contributed by atoms with Gasteiger partial charge in [-0.1, -0.05) is 12.2 Å². The number of hydrogen-bond donors (Lipinski definition) is 1. The van der Waals surface area contributed by atoms with Gasteiger partial charge in [0.05, 0.1) is 11.8 Å². The number of hydrogen-bond acceptors (Lipinski definition) is 5. The van der Waals surface area contributed by atoms with Gasteiger partial charge in [-0.15, -0.1) is 5.10 Å². The van der Waals surface area contributed by atoms with Gasteiger partial charge in [0.2, 0.25) is 5.88 Å². The van der Waals surface area contributed by atoms with E-state index in [4.69, 9.17) is 22.7 Å². The SMILES string of the molecule is NC(=S)c1ccnnc1OCCN1CCCC1. The molecule has 1 aromatic rings. The smallest absolute Gasteiger partial charge is 0.243 e. The first-order valence-electron chi connectivity index (χ1n) is 5.74. The summed E-state index contributed by atoms with van der Waals surface area (Å²) in [5, 5.41) is 7.68. The van der Waals surface area contributed by atoms with Gasteiger partial charge in [-0.05, 0) is 32.0 Å². The molecule has 1 aromatic heterocycles. The van der Waals surface area contributed by atoms with Gasteiger partial charge >= 0.3 is 0 Å². The van der Waals surface area contributed by atoms with Crippen molar-refractivity contribution in [3.05, 3.63) is 17.8 Å². The standard InChI is InChI=1S/C11H16N4OS/c12-10(17)9-3-4-13-14-11(9)16-8-7-15-5-1-2-6-15/h3-4H,1-2,5-8H2,(H2,12,17). The fourth-order valence-corrected chi connectivity index (χ4v) is 2.05. The first-order chi connectivity index (χ1) is 8.27. The largest absolute Gasteiger partial charge is 0.475 e. The Hall–Kier alpha value is -1.27. The van der Waals surface area contributed by atoms with Crippen LogP contribution in [0.2, 0.25) is 0 Å². The highest BCUT2D eigenvalue weighted by atomic mass is 32.1. The fourth-order valence-electron chi connectivity index (χ4n) is 1.89. The topological polar surface area (TPSA) is 64.3 Å². The van der Waals surface area contributed by atoms with Crippen LogP contribution in [0.15, 0.2) is 12.3 Å². The van der Waals surface area contributed by atoms with E-state index >= 15 is 0 Å². The van der Waals surface area contributed by atoms with Crippen molar-refractivity contribution in [2.45, 2.75) is 12.8 Å². The molecule has 0 unspecified atom stereocenters. The summed E-state index contributed by atoms with van der Waals surface area (Å²) in [5.74, 6) is 0.430. The molecule has 1 saturated heterocycles. The van der Waals surface area contributed by atoms with Crippen LogP contribution in [-0.2, 0) is 0 Å². The molecular formula is C11H16N4OS. The van der Waals surface area contributed by atoms with Gasteiger partial charge in [-0.3, -0.25) is 4.90 Å². The molecule has 1 fully saturated rings. The Bertz CT molecular complexity index is 393. The summed E-state index contributed by atoms with van der Waals surface area (Å²) in [6.45, 7) is 3.82. The van der Waals surface area contributed by atoms with Crippen LogP contribution in [0.3, 0.4) is 0 Å². The molecule has 2 heterocycles. The Balaban J connectivity index is 1.87. The lowest BCUT2D eigenvalue weighted by Gasteiger charge is -2.15. The Labute approximate surface area is 106 Å². The predicted octanol–water partition coefficient (Wildman–Crippen LogP) is 0.585. The van der Waals surface area contributed by atoms with Gasteiger partial charge in [-0.25, -0.2) is 0 Å². The van der Waals surface area contributed by atoms with Crippen molar-refractivity contribution in [3.63, 3.8) is 0 Å². The van der Waals surface area contributed by atoms with E-state index in [1.54, 1.807) is 12.3 Å². The third-order valence-corrected chi connectivity index (χ3v) is 3.02. The summed E-state index contributed by atoms with van der Waals surface area (Å²) in [7, 11) is 0. The van der Waals surface area contributed by atoms with Crippen LogP contribution < -0.4 is 10.5 Å². The van der Waals surface area contributed by atoms with Gasteiger partial charge in [0.1, 0.15) is 11.6 Å². The average Bonchev–Trinajstić information content (AvgIpc) is 2.82. The van der Waals surface area contributed by atoms with Crippen LogP contribution in [0.5, 0.6) is 5.88 Å². The normalized spacial score (nSPS) is 16.0. The van der Waals surface area contributed by atoms with E-state index in [-0.39, 0.29) is 4.99 Å². The summed E-state index contributed by atoms with van der Waals surface area (Å²) in [6.07, 6.45) is 4.12. The zero-order valence-corrected chi connectivity index (χ0v) is 10.4. The number of likely N-dealkylation sites (tertiary alicyclic amines) is 1. The van der Waals surface area contributed by atoms with Crippen molar-refractivity contribution in [2.75, 3.05) is 26.2 Å². The van der Waals surface area contributed by atoms with Crippen molar-refractivity contribution in [1.82, 2.24) is 15.1 Å². The Morgan fingerprint density at radius 3 is 2.94 bits per heavy atom. The summed E-state index contributed by atoms with van der Waals surface area (Å²) in [4.78, 5) is 2.66. The molecule has 0 atom stereocenters. The molecule has 2 rings (SSSR count). The molecule has 0 radical (unpaired) electrons. The molecule has 6 heteroatoms. The minimum absolute atomic E-state index is 0.288. The van der Waals surface area contributed by atoms with Crippen molar-refractivity contribution in [2.24, 2.45) is 5.73 Å². The zero-order valence-electron chi connectivity index (χ0n) is 9.63. The first kappa shape index (κ1) is 12.2. The van der Waals surface area contributed by atoms with Gasteiger partial charge in [-0.2, -0.15) is 5.10 Å². The lowest BCUT2D eigenvalue weighted by molar-refractivity contribution is 0.230. The van der Waals surface area contributed by atoms with E-state index in [0.717, 1.165) is 19.6 Å².